The Kier molecular flexibility index (Phi) is 4.94. The molecule has 1 rings (SSSR count). The summed E-state index contributed by atoms with van der Waals surface area (Å²) in [5, 5.41) is 13.9. The zero-order valence-electron chi connectivity index (χ0n) is 9.11. The van der Waals surface area contributed by atoms with Crippen molar-refractivity contribution in [3.63, 3.8) is 0 Å². The minimum atomic E-state index is -0.523. The van der Waals surface area contributed by atoms with Gasteiger partial charge in [-0.25, -0.2) is 4.79 Å². The van der Waals surface area contributed by atoms with E-state index in [0.29, 0.717) is 26.1 Å². The Morgan fingerprint density at radius 2 is 2.31 bits per heavy atom. The lowest BCUT2D eigenvalue weighted by Crippen LogP contribution is -2.44. The minimum absolute atomic E-state index is 0.137. The van der Waals surface area contributed by atoms with Crippen LogP contribution in [0, 0.1) is 0 Å². The van der Waals surface area contributed by atoms with Crippen molar-refractivity contribution in [2.24, 2.45) is 0 Å². The molecule has 1 heterocycles. The second kappa shape index (κ2) is 6.24. The van der Waals surface area contributed by atoms with Crippen molar-refractivity contribution in [1.29, 1.82) is 0 Å². The Labute approximate surface area is 94.3 Å². The average molecular weight is 227 g/mol. The van der Waals surface area contributed by atoms with E-state index in [-0.39, 0.29) is 18.6 Å². The standard InChI is InChI=1S/C10H17N3O3/c1-2-4-11-10(16)12-9(15)7-13-5-3-8(14)6-13/h2,8,14H,1,3-7H2,(H2,11,12,15,16). The molecule has 0 aromatic carbocycles. The number of amides is 3. The lowest BCUT2D eigenvalue weighted by Gasteiger charge is -2.13. The molecule has 0 spiro atoms. The monoisotopic (exact) mass is 227 g/mol. The van der Waals surface area contributed by atoms with Crippen LogP contribution in [0.25, 0.3) is 0 Å². The number of nitrogens with zero attached hydrogens (tertiary/aromatic N) is 1. The number of carbonyl (C=O) groups excluding carboxylic acids is 2. The molecule has 6 heteroatoms. The molecular weight excluding hydrogens is 210 g/mol. The van der Waals surface area contributed by atoms with Crippen LogP contribution in [-0.2, 0) is 4.79 Å². The number of aliphatic hydroxyl groups excluding tert-OH is 1. The van der Waals surface area contributed by atoms with Gasteiger partial charge in [-0.2, -0.15) is 0 Å². The highest BCUT2D eigenvalue weighted by Gasteiger charge is 2.22. The first-order valence-corrected chi connectivity index (χ1v) is 5.21. The lowest BCUT2D eigenvalue weighted by atomic mass is 10.3. The second-order valence-electron chi connectivity index (χ2n) is 3.72. The van der Waals surface area contributed by atoms with Crippen molar-refractivity contribution in [3.05, 3.63) is 12.7 Å². The maximum Gasteiger partial charge on any atom is 0.321 e. The Balaban J connectivity index is 2.20. The van der Waals surface area contributed by atoms with Crippen LogP contribution in [0.15, 0.2) is 12.7 Å². The van der Waals surface area contributed by atoms with E-state index in [1.54, 1.807) is 4.90 Å². The van der Waals surface area contributed by atoms with Gasteiger partial charge in [0.2, 0.25) is 5.91 Å². The van der Waals surface area contributed by atoms with Gasteiger partial charge in [0, 0.05) is 19.6 Å². The molecule has 16 heavy (non-hydrogen) atoms. The summed E-state index contributed by atoms with van der Waals surface area (Å²) in [6, 6.07) is -0.523. The van der Waals surface area contributed by atoms with Crippen molar-refractivity contribution in [1.82, 2.24) is 15.5 Å². The molecule has 0 aliphatic carbocycles. The van der Waals surface area contributed by atoms with E-state index in [4.69, 9.17) is 0 Å². The minimum Gasteiger partial charge on any atom is -0.392 e. The molecule has 1 atom stereocenters. The molecular formula is C10H17N3O3. The van der Waals surface area contributed by atoms with Crippen LogP contribution in [0.1, 0.15) is 6.42 Å². The van der Waals surface area contributed by atoms with Gasteiger partial charge >= 0.3 is 6.03 Å². The van der Waals surface area contributed by atoms with Crippen LogP contribution in [-0.4, -0.2) is 54.2 Å². The van der Waals surface area contributed by atoms with Crippen molar-refractivity contribution in [3.8, 4) is 0 Å². The predicted octanol–water partition coefficient (Wildman–Crippen LogP) is -0.935. The van der Waals surface area contributed by atoms with E-state index < -0.39 is 6.03 Å². The largest absolute Gasteiger partial charge is 0.392 e. The third-order valence-electron chi connectivity index (χ3n) is 2.27. The molecule has 1 aliphatic heterocycles. The third kappa shape index (κ3) is 4.41. The molecule has 1 aliphatic rings. The number of urea groups is 1. The predicted molar refractivity (Wildman–Crippen MR) is 58.8 cm³/mol. The zero-order valence-corrected chi connectivity index (χ0v) is 9.11. The zero-order chi connectivity index (χ0) is 12.0. The van der Waals surface area contributed by atoms with E-state index in [1.807, 2.05) is 0 Å². The molecule has 0 aromatic rings. The summed E-state index contributed by atoms with van der Waals surface area (Å²) < 4.78 is 0. The molecule has 0 aromatic heterocycles. The van der Waals surface area contributed by atoms with Crippen molar-refractivity contribution in [2.75, 3.05) is 26.2 Å². The van der Waals surface area contributed by atoms with E-state index in [0.717, 1.165) is 0 Å². The smallest absolute Gasteiger partial charge is 0.321 e. The SMILES string of the molecule is C=CCNC(=O)NC(=O)CN1CCC(O)C1. The van der Waals surface area contributed by atoms with E-state index in [1.165, 1.54) is 6.08 Å². The fourth-order valence-electron chi connectivity index (χ4n) is 1.53. The number of aliphatic hydroxyl groups is 1. The molecule has 1 unspecified atom stereocenters. The van der Waals surface area contributed by atoms with Gasteiger partial charge in [-0.1, -0.05) is 6.08 Å². The Morgan fingerprint density at radius 3 is 2.88 bits per heavy atom. The summed E-state index contributed by atoms with van der Waals surface area (Å²) in [6.45, 7) is 5.07. The molecule has 1 saturated heterocycles. The van der Waals surface area contributed by atoms with Crippen LogP contribution in [0.5, 0.6) is 0 Å². The van der Waals surface area contributed by atoms with Crippen molar-refractivity contribution in [2.45, 2.75) is 12.5 Å². The number of β-amino-alcohol motifs (C(OH)–C–C–N with tert-alkyl or cyclic N) is 1. The number of hydrogen-bond donors (Lipinski definition) is 3. The number of imide groups is 1. The fraction of sp³-hybridized carbons (Fsp3) is 0.600. The van der Waals surface area contributed by atoms with Gasteiger partial charge in [0.15, 0.2) is 0 Å². The number of likely N-dealkylation sites (tertiary alicyclic amines) is 1. The summed E-state index contributed by atoms with van der Waals surface area (Å²) in [4.78, 5) is 24.3. The van der Waals surface area contributed by atoms with Crippen molar-refractivity contribution >= 4 is 11.9 Å². The van der Waals surface area contributed by atoms with Crippen LogP contribution >= 0.6 is 0 Å². The third-order valence-corrected chi connectivity index (χ3v) is 2.27. The first-order valence-electron chi connectivity index (χ1n) is 5.21. The number of carbonyl (C=O) groups is 2. The lowest BCUT2D eigenvalue weighted by molar-refractivity contribution is -0.121. The van der Waals surface area contributed by atoms with Gasteiger partial charge in [-0.05, 0) is 6.42 Å². The molecule has 90 valence electrons. The summed E-state index contributed by atoms with van der Waals surface area (Å²) in [6.07, 6.45) is 1.85. The van der Waals surface area contributed by atoms with Gasteiger partial charge in [-0.3, -0.25) is 15.0 Å². The van der Waals surface area contributed by atoms with Crippen molar-refractivity contribution < 1.29 is 14.7 Å². The normalized spacial score (nSPS) is 20.4. The maximum atomic E-state index is 11.4. The van der Waals surface area contributed by atoms with Crippen LogP contribution < -0.4 is 10.6 Å². The Morgan fingerprint density at radius 1 is 1.56 bits per heavy atom. The summed E-state index contributed by atoms with van der Waals surface area (Å²) in [7, 11) is 0. The molecule has 0 bridgehead atoms. The molecule has 1 fully saturated rings. The highest BCUT2D eigenvalue weighted by atomic mass is 16.3. The summed E-state index contributed by atoms with van der Waals surface area (Å²) >= 11 is 0. The quantitative estimate of drug-likeness (QED) is 0.542. The molecule has 0 saturated carbocycles. The summed E-state index contributed by atoms with van der Waals surface area (Å²) in [5.41, 5.74) is 0. The van der Waals surface area contributed by atoms with E-state index in [9.17, 15) is 14.7 Å². The average Bonchev–Trinajstić information content (AvgIpc) is 2.60. The van der Waals surface area contributed by atoms with Gasteiger partial charge in [0.25, 0.3) is 0 Å². The number of rotatable bonds is 4. The van der Waals surface area contributed by atoms with E-state index in [2.05, 4.69) is 17.2 Å². The highest BCUT2D eigenvalue weighted by molar-refractivity contribution is 5.95. The van der Waals surface area contributed by atoms with Crippen LogP contribution in [0.2, 0.25) is 0 Å². The molecule has 0 radical (unpaired) electrons. The van der Waals surface area contributed by atoms with Gasteiger partial charge in [0.1, 0.15) is 0 Å². The molecule has 3 amide bonds. The summed E-state index contributed by atoms with van der Waals surface area (Å²) in [5.74, 6) is -0.365. The Hall–Kier alpha value is -1.40. The highest BCUT2D eigenvalue weighted by Crippen LogP contribution is 2.07. The number of nitrogens with one attached hydrogen (secondary N) is 2. The number of hydrogen-bond acceptors (Lipinski definition) is 4. The first-order chi connectivity index (χ1) is 7.61. The van der Waals surface area contributed by atoms with Crippen LogP contribution in [0.4, 0.5) is 4.79 Å². The topological polar surface area (TPSA) is 81.7 Å². The second-order valence-corrected chi connectivity index (χ2v) is 3.72. The van der Waals surface area contributed by atoms with Gasteiger partial charge < -0.3 is 10.4 Å². The van der Waals surface area contributed by atoms with Crippen LogP contribution in [0.3, 0.4) is 0 Å². The fourth-order valence-corrected chi connectivity index (χ4v) is 1.53. The van der Waals surface area contributed by atoms with Gasteiger partial charge in [-0.15, -0.1) is 6.58 Å². The first kappa shape index (κ1) is 12.7. The molecule has 3 N–H and O–H groups in total. The molecule has 6 nitrogen and oxygen atoms in total. The maximum absolute atomic E-state index is 11.4. The Bertz CT molecular complexity index is 280. The van der Waals surface area contributed by atoms with Gasteiger partial charge in [0.05, 0.1) is 12.6 Å². The van der Waals surface area contributed by atoms with E-state index >= 15 is 0 Å².